The maximum atomic E-state index is 12.5. The smallest absolute Gasteiger partial charge is 0.272 e. The van der Waals surface area contributed by atoms with Crippen molar-refractivity contribution in [2.24, 2.45) is 0 Å². The number of thiophene rings is 1. The maximum absolute atomic E-state index is 12.5. The van der Waals surface area contributed by atoms with Gasteiger partial charge >= 0.3 is 0 Å². The van der Waals surface area contributed by atoms with Crippen LogP contribution in [-0.4, -0.2) is 15.6 Å². The number of aryl methyl sites for hydroxylation is 1. The molecule has 0 spiro atoms. The van der Waals surface area contributed by atoms with E-state index in [0.29, 0.717) is 12.6 Å². The molecular weight excluding hydrogens is 258 g/mol. The average molecular weight is 277 g/mol. The fourth-order valence-corrected chi connectivity index (χ4v) is 3.71. The zero-order chi connectivity index (χ0) is 13.4. The van der Waals surface area contributed by atoms with Crippen molar-refractivity contribution in [3.8, 4) is 0 Å². The molecule has 1 fully saturated rings. The first-order chi connectivity index (χ1) is 9.20. The van der Waals surface area contributed by atoms with E-state index in [2.05, 4.69) is 5.32 Å². The summed E-state index contributed by atoms with van der Waals surface area (Å²) in [5, 5.41) is 5.48. The summed E-state index contributed by atoms with van der Waals surface area (Å²) in [6, 6.07) is 0.473. The Morgan fingerprint density at radius 2 is 2.21 bits per heavy atom. The molecule has 0 bridgehead atoms. The van der Waals surface area contributed by atoms with Crippen molar-refractivity contribution in [2.75, 3.05) is 5.32 Å². The fourth-order valence-electron chi connectivity index (χ4n) is 2.77. The standard InChI is InChI=1S/C14H19N3OS/c1-3-17-13(18)12-11(9(2)8-19-12)16-14(17)15-10-6-4-5-7-10/h8,10H,3-7H2,1-2H3,(H,15,16). The van der Waals surface area contributed by atoms with E-state index in [1.54, 1.807) is 4.57 Å². The van der Waals surface area contributed by atoms with Crippen LogP contribution < -0.4 is 10.9 Å². The van der Waals surface area contributed by atoms with Crippen LogP contribution in [0.5, 0.6) is 0 Å². The lowest BCUT2D eigenvalue weighted by Crippen LogP contribution is -2.27. The molecule has 1 N–H and O–H groups in total. The van der Waals surface area contributed by atoms with Crippen LogP contribution in [-0.2, 0) is 6.54 Å². The van der Waals surface area contributed by atoms with Crippen molar-refractivity contribution in [3.63, 3.8) is 0 Å². The summed E-state index contributed by atoms with van der Waals surface area (Å²) in [6.45, 7) is 4.67. The molecule has 5 heteroatoms. The molecule has 0 aliphatic heterocycles. The highest BCUT2D eigenvalue weighted by Gasteiger charge is 2.19. The number of hydrogen-bond acceptors (Lipinski definition) is 4. The van der Waals surface area contributed by atoms with Gasteiger partial charge in [-0.25, -0.2) is 4.98 Å². The summed E-state index contributed by atoms with van der Waals surface area (Å²) in [7, 11) is 0. The molecule has 1 aliphatic rings. The van der Waals surface area contributed by atoms with E-state index in [0.717, 1.165) is 21.7 Å². The topological polar surface area (TPSA) is 46.9 Å². The van der Waals surface area contributed by atoms with Crippen LogP contribution >= 0.6 is 11.3 Å². The van der Waals surface area contributed by atoms with Gasteiger partial charge in [0.25, 0.3) is 5.56 Å². The molecule has 0 amide bonds. The van der Waals surface area contributed by atoms with Gasteiger partial charge in [-0.1, -0.05) is 12.8 Å². The molecule has 2 aromatic heterocycles. The van der Waals surface area contributed by atoms with E-state index in [1.165, 1.54) is 37.0 Å². The van der Waals surface area contributed by atoms with Crippen LogP contribution in [0.4, 0.5) is 5.95 Å². The maximum Gasteiger partial charge on any atom is 0.272 e. The Morgan fingerprint density at radius 1 is 1.47 bits per heavy atom. The third kappa shape index (κ3) is 2.16. The van der Waals surface area contributed by atoms with Gasteiger partial charge in [-0.2, -0.15) is 0 Å². The van der Waals surface area contributed by atoms with Crippen LogP contribution in [0.25, 0.3) is 10.2 Å². The molecular formula is C14H19N3OS. The summed E-state index contributed by atoms with van der Waals surface area (Å²) >= 11 is 1.50. The zero-order valence-corrected chi connectivity index (χ0v) is 12.2. The highest BCUT2D eigenvalue weighted by molar-refractivity contribution is 7.17. The van der Waals surface area contributed by atoms with Crippen LogP contribution in [0.15, 0.2) is 10.2 Å². The second-order valence-electron chi connectivity index (χ2n) is 5.21. The van der Waals surface area contributed by atoms with Gasteiger partial charge < -0.3 is 5.32 Å². The van der Waals surface area contributed by atoms with E-state index in [-0.39, 0.29) is 5.56 Å². The molecule has 0 saturated heterocycles. The monoisotopic (exact) mass is 277 g/mol. The van der Waals surface area contributed by atoms with Gasteiger partial charge in [-0.3, -0.25) is 9.36 Å². The molecule has 2 aromatic rings. The number of anilines is 1. The van der Waals surface area contributed by atoms with Gasteiger partial charge in [0.1, 0.15) is 4.70 Å². The Balaban J connectivity index is 2.10. The number of rotatable bonds is 3. The third-order valence-electron chi connectivity index (χ3n) is 3.86. The molecule has 3 rings (SSSR count). The number of aromatic nitrogens is 2. The van der Waals surface area contributed by atoms with Gasteiger partial charge in [-0.15, -0.1) is 11.3 Å². The van der Waals surface area contributed by atoms with Crippen LogP contribution in [0, 0.1) is 6.92 Å². The highest BCUT2D eigenvalue weighted by atomic mass is 32.1. The number of nitrogens with zero attached hydrogens (tertiary/aromatic N) is 2. The fraction of sp³-hybridized carbons (Fsp3) is 0.571. The largest absolute Gasteiger partial charge is 0.353 e. The molecule has 2 heterocycles. The lowest BCUT2D eigenvalue weighted by atomic mass is 10.2. The van der Waals surface area contributed by atoms with E-state index >= 15 is 0 Å². The lowest BCUT2D eigenvalue weighted by molar-refractivity contribution is 0.683. The summed E-state index contributed by atoms with van der Waals surface area (Å²) < 4.78 is 2.53. The van der Waals surface area contributed by atoms with Crippen molar-refractivity contribution in [3.05, 3.63) is 21.3 Å². The Kier molecular flexibility index (Phi) is 3.31. The Bertz CT molecular complexity index is 652. The van der Waals surface area contributed by atoms with E-state index in [9.17, 15) is 4.79 Å². The molecule has 1 aliphatic carbocycles. The molecule has 0 atom stereocenters. The number of nitrogens with one attached hydrogen (secondary N) is 1. The summed E-state index contributed by atoms with van der Waals surface area (Å²) in [6.07, 6.45) is 4.90. The summed E-state index contributed by atoms with van der Waals surface area (Å²) in [5.74, 6) is 0.744. The minimum Gasteiger partial charge on any atom is -0.353 e. The molecule has 1 saturated carbocycles. The Labute approximate surface area is 116 Å². The third-order valence-corrected chi connectivity index (χ3v) is 4.93. The van der Waals surface area contributed by atoms with Crippen LogP contribution in [0.1, 0.15) is 38.2 Å². The molecule has 102 valence electrons. The van der Waals surface area contributed by atoms with Crippen molar-refractivity contribution in [2.45, 2.75) is 52.1 Å². The normalized spacial score (nSPS) is 16.3. The van der Waals surface area contributed by atoms with Crippen molar-refractivity contribution < 1.29 is 0 Å². The molecule has 4 nitrogen and oxygen atoms in total. The second kappa shape index (κ2) is 4.96. The van der Waals surface area contributed by atoms with E-state index in [4.69, 9.17) is 4.98 Å². The predicted molar refractivity (Wildman–Crippen MR) is 80.2 cm³/mol. The number of hydrogen-bond donors (Lipinski definition) is 1. The molecule has 0 unspecified atom stereocenters. The van der Waals surface area contributed by atoms with E-state index < -0.39 is 0 Å². The summed E-state index contributed by atoms with van der Waals surface area (Å²) in [5.41, 5.74) is 2.04. The van der Waals surface area contributed by atoms with Crippen molar-refractivity contribution in [1.82, 2.24) is 9.55 Å². The molecule has 0 aromatic carbocycles. The van der Waals surface area contributed by atoms with Crippen LogP contribution in [0.2, 0.25) is 0 Å². The quantitative estimate of drug-likeness (QED) is 0.937. The zero-order valence-electron chi connectivity index (χ0n) is 11.4. The van der Waals surface area contributed by atoms with Gasteiger partial charge in [0.05, 0.1) is 5.52 Å². The first-order valence-electron chi connectivity index (χ1n) is 6.96. The average Bonchev–Trinajstić information content (AvgIpc) is 3.01. The predicted octanol–water partition coefficient (Wildman–Crippen LogP) is 3.14. The second-order valence-corrected chi connectivity index (χ2v) is 6.09. The Hall–Kier alpha value is -1.36. The summed E-state index contributed by atoms with van der Waals surface area (Å²) in [4.78, 5) is 17.2. The van der Waals surface area contributed by atoms with Gasteiger partial charge in [0.15, 0.2) is 0 Å². The lowest BCUT2D eigenvalue weighted by Gasteiger charge is -2.16. The van der Waals surface area contributed by atoms with Gasteiger partial charge in [0.2, 0.25) is 5.95 Å². The highest BCUT2D eigenvalue weighted by Crippen LogP contribution is 2.25. The molecule has 0 radical (unpaired) electrons. The first kappa shape index (κ1) is 12.7. The van der Waals surface area contributed by atoms with Crippen molar-refractivity contribution >= 4 is 27.5 Å². The van der Waals surface area contributed by atoms with Gasteiger partial charge in [0, 0.05) is 12.6 Å². The van der Waals surface area contributed by atoms with Gasteiger partial charge in [-0.05, 0) is 37.6 Å². The SMILES string of the molecule is CCn1c(NC2CCCC2)nc2c(C)csc2c1=O. The van der Waals surface area contributed by atoms with Crippen LogP contribution in [0.3, 0.4) is 0 Å². The van der Waals surface area contributed by atoms with E-state index in [1.807, 2.05) is 19.2 Å². The van der Waals surface area contributed by atoms with Crippen molar-refractivity contribution in [1.29, 1.82) is 0 Å². The first-order valence-corrected chi connectivity index (χ1v) is 7.84. The number of fused-ring (bicyclic) bond motifs is 1. The molecule has 19 heavy (non-hydrogen) atoms. The Morgan fingerprint density at radius 3 is 2.89 bits per heavy atom. The minimum absolute atomic E-state index is 0.0890. The minimum atomic E-state index is 0.0890.